The number of benzene rings is 2. The van der Waals surface area contributed by atoms with Crippen molar-refractivity contribution in [1.82, 2.24) is 5.32 Å². The number of carbonyl (C=O) groups excluding carboxylic acids is 1. The van der Waals surface area contributed by atoms with E-state index in [0.29, 0.717) is 12.1 Å². The van der Waals surface area contributed by atoms with Gasteiger partial charge in [0, 0.05) is 12.1 Å². The van der Waals surface area contributed by atoms with Gasteiger partial charge in [0.1, 0.15) is 5.82 Å². The van der Waals surface area contributed by atoms with Gasteiger partial charge in [0.25, 0.3) is 5.91 Å². The number of anilines is 1. The van der Waals surface area contributed by atoms with Crippen LogP contribution in [0, 0.1) is 5.82 Å². The number of nitrogen functional groups attached to an aromatic ring is 1. The Labute approximate surface area is 121 Å². The highest BCUT2D eigenvalue weighted by atomic mass is 19.1. The largest absolute Gasteiger partial charge is 0.399 e. The summed E-state index contributed by atoms with van der Waals surface area (Å²) in [6, 6.07) is 10.8. The summed E-state index contributed by atoms with van der Waals surface area (Å²) < 4.78 is 13.7. The number of aliphatic hydroxyl groups excluding tert-OH is 1. The van der Waals surface area contributed by atoms with Gasteiger partial charge in [-0.05, 0) is 29.3 Å². The molecule has 4 N–H and O–H groups in total. The van der Waals surface area contributed by atoms with Gasteiger partial charge in [-0.1, -0.05) is 24.3 Å². The molecule has 3 rings (SSSR count). The maximum absolute atomic E-state index is 13.7. The van der Waals surface area contributed by atoms with Crippen LogP contribution in [0.15, 0.2) is 42.5 Å². The molecule has 4 nitrogen and oxygen atoms in total. The number of rotatable bonds is 2. The van der Waals surface area contributed by atoms with Crippen LogP contribution in [-0.2, 0) is 6.42 Å². The molecule has 1 aliphatic rings. The summed E-state index contributed by atoms with van der Waals surface area (Å²) in [5.41, 5.74) is 7.63. The summed E-state index contributed by atoms with van der Waals surface area (Å²) in [5, 5.41) is 12.8. The van der Waals surface area contributed by atoms with Crippen molar-refractivity contribution >= 4 is 11.6 Å². The predicted octanol–water partition coefficient (Wildman–Crippen LogP) is 1.80. The molecule has 108 valence electrons. The van der Waals surface area contributed by atoms with E-state index in [1.165, 1.54) is 12.1 Å². The van der Waals surface area contributed by atoms with Gasteiger partial charge in [0.05, 0.1) is 17.7 Å². The number of hydrogen-bond donors (Lipinski definition) is 3. The molecule has 0 radical (unpaired) electrons. The van der Waals surface area contributed by atoms with Crippen LogP contribution in [0.2, 0.25) is 0 Å². The molecule has 2 aromatic carbocycles. The average Bonchev–Trinajstić information content (AvgIpc) is 2.78. The van der Waals surface area contributed by atoms with Crippen LogP contribution in [0.25, 0.3) is 0 Å². The van der Waals surface area contributed by atoms with Crippen molar-refractivity contribution in [3.05, 3.63) is 65.0 Å². The lowest BCUT2D eigenvalue weighted by molar-refractivity contribution is 0.0854. The summed E-state index contributed by atoms with van der Waals surface area (Å²) in [6.45, 7) is 0. The van der Waals surface area contributed by atoms with Crippen LogP contribution >= 0.6 is 0 Å². The molecule has 0 spiro atoms. The first-order chi connectivity index (χ1) is 10.1. The molecule has 1 amide bonds. The molecular weight excluding hydrogens is 271 g/mol. The molecule has 0 fully saturated rings. The Morgan fingerprint density at radius 2 is 2.05 bits per heavy atom. The predicted molar refractivity (Wildman–Crippen MR) is 77.2 cm³/mol. The van der Waals surface area contributed by atoms with Gasteiger partial charge in [-0.3, -0.25) is 4.79 Å². The minimum atomic E-state index is -0.713. The van der Waals surface area contributed by atoms with E-state index in [2.05, 4.69) is 5.32 Å². The van der Waals surface area contributed by atoms with Gasteiger partial charge in [-0.2, -0.15) is 0 Å². The van der Waals surface area contributed by atoms with Crippen molar-refractivity contribution in [3.8, 4) is 0 Å². The number of nitrogens with one attached hydrogen (secondary N) is 1. The van der Waals surface area contributed by atoms with Crippen molar-refractivity contribution < 1.29 is 14.3 Å². The second-order valence-corrected chi connectivity index (χ2v) is 5.16. The second kappa shape index (κ2) is 5.18. The van der Waals surface area contributed by atoms with Crippen LogP contribution < -0.4 is 11.1 Å². The SMILES string of the molecule is Nc1ccc(F)c(C(=O)N[C@H]2c3ccccc3C[C@H]2O)c1. The Balaban J connectivity index is 1.87. The zero-order chi connectivity index (χ0) is 15.0. The Kier molecular flexibility index (Phi) is 3.35. The van der Waals surface area contributed by atoms with Crippen molar-refractivity contribution in [2.75, 3.05) is 5.73 Å². The summed E-state index contributed by atoms with van der Waals surface area (Å²) in [6.07, 6.45) is -0.240. The number of hydrogen-bond acceptors (Lipinski definition) is 3. The Morgan fingerprint density at radius 1 is 1.29 bits per heavy atom. The second-order valence-electron chi connectivity index (χ2n) is 5.16. The number of halogens is 1. The third-order valence-electron chi connectivity index (χ3n) is 3.73. The van der Waals surface area contributed by atoms with Crippen molar-refractivity contribution in [1.29, 1.82) is 0 Å². The monoisotopic (exact) mass is 286 g/mol. The molecule has 5 heteroatoms. The molecule has 2 aromatic rings. The van der Waals surface area contributed by atoms with E-state index < -0.39 is 23.9 Å². The van der Waals surface area contributed by atoms with Crippen LogP contribution in [0.1, 0.15) is 27.5 Å². The molecule has 0 aromatic heterocycles. The third-order valence-corrected chi connectivity index (χ3v) is 3.73. The first-order valence-corrected chi connectivity index (χ1v) is 6.68. The number of nitrogens with two attached hydrogens (primary N) is 1. The van der Waals surface area contributed by atoms with Crippen LogP contribution in [-0.4, -0.2) is 17.1 Å². The third kappa shape index (κ3) is 2.48. The van der Waals surface area contributed by atoms with Gasteiger partial charge < -0.3 is 16.2 Å². The molecule has 0 bridgehead atoms. The molecule has 1 aliphatic carbocycles. The van der Waals surface area contributed by atoms with E-state index in [9.17, 15) is 14.3 Å². The molecule has 2 atom stereocenters. The Bertz CT molecular complexity index is 702. The van der Waals surface area contributed by atoms with Crippen molar-refractivity contribution in [2.45, 2.75) is 18.6 Å². The standard InChI is InChI=1S/C16H15FN2O2/c17-13-6-5-10(18)8-12(13)16(21)19-15-11-4-2-1-3-9(11)7-14(15)20/h1-6,8,14-15,20H,7,18H2,(H,19,21)/t14-,15+/m1/s1. The topological polar surface area (TPSA) is 75.4 Å². The average molecular weight is 286 g/mol. The summed E-state index contributed by atoms with van der Waals surface area (Å²) in [7, 11) is 0. The number of fused-ring (bicyclic) bond motifs is 1. The van der Waals surface area contributed by atoms with Crippen LogP contribution in [0.3, 0.4) is 0 Å². The summed E-state index contributed by atoms with van der Waals surface area (Å²) >= 11 is 0. The fourth-order valence-corrected chi connectivity index (χ4v) is 2.68. The number of carbonyl (C=O) groups is 1. The molecule has 0 aliphatic heterocycles. The summed E-state index contributed by atoms with van der Waals surface area (Å²) in [4.78, 5) is 12.2. The fraction of sp³-hybridized carbons (Fsp3) is 0.188. The van der Waals surface area contributed by atoms with E-state index in [0.717, 1.165) is 17.2 Å². The smallest absolute Gasteiger partial charge is 0.254 e. The van der Waals surface area contributed by atoms with E-state index in [1.807, 2.05) is 24.3 Å². The highest BCUT2D eigenvalue weighted by Crippen LogP contribution is 2.31. The van der Waals surface area contributed by atoms with E-state index in [4.69, 9.17) is 5.73 Å². The maximum Gasteiger partial charge on any atom is 0.254 e. The maximum atomic E-state index is 13.7. The molecule has 0 saturated heterocycles. The summed E-state index contributed by atoms with van der Waals surface area (Å²) in [5.74, 6) is -1.22. The van der Waals surface area contributed by atoms with E-state index in [-0.39, 0.29) is 5.56 Å². The molecule has 0 saturated carbocycles. The first-order valence-electron chi connectivity index (χ1n) is 6.68. The normalized spacial score (nSPS) is 20.1. The van der Waals surface area contributed by atoms with Gasteiger partial charge in [0.15, 0.2) is 0 Å². The highest BCUT2D eigenvalue weighted by Gasteiger charge is 2.32. The van der Waals surface area contributed by atoms with Crippen molar-refractivity contribution in [2.24, 2.45) is 0 Å². The number of aliphatic hydroxyl groups is 1. The van der Waals surface area contributed by atoms with Crippen LogP contribution in [0.4, 0.5) is 10.1 Å². The molecule has 21 heavy (non-hydrogen) atoms. The quantitative estimate of drug-likeness (QED) is 0.737. The van der Waals surface area contributed by atoms with E-state index >= 15 is 0 Å². The zero-order valence-corrected chi connectivity index (χ0v) is 11.2. The van der Waals surface area contributed by atoms with Gasteiger partial charge in [0.2, 0.25) is 0 Å². The van der Waals surface area contributed by atoms with Crippen molar-refractivity contribution in [3.63, 3.8) is 0 Å². The Hall–Kier alpha value is -2.40. The first kappa shape index (κ1) is 13.6. The highest BCUT2D eigenvalue weighted by molar-refractivity contribution is 5.95. The minimum Gasteiger partial charge on any atom is -0.399 e. The van der Waals surface area contributed by atoms with Gasteiger partial charge in [-0.25, -0.2) is 4.39 Å². The van der Waals surface area contributed by atoms with Gasteiger partial charge >= 0.3 is 0 Å². The Morgan fingerprint density at radius 3 is 2.86 bits per heavy atom. The zero-order valence-electron chi connectivity index (χ0n) is 11.2. The molecule has 0 unspecified atom stereocenters. The minimum absolute atomic E-state index is 0.119. The lowest BCUT2D eigenvalue weighted by Crippen LogP contribution is -2.34. The van der Waals surface area contributed by atoms with Gasteiger partial charge in [-0.15, -0.1) is 0 Å². The lowest BCUT2D eigenvalue weighted by atomic mass is 10.1. The van der Waals surface area contributed by atoms with Crippen LogP contribution in [0.5, 0.6) is 0 Å². The van der Waals surface area contributed by atoms with E-state index in [1.54, 1.807) is 0 Å². The molecule has 0 heterocycles. The lowest BCUT2D eigenvalue weighted by Gasteiger charge is -2.18. The molecular formula is C16H15FN2O2. The number of amides is 1. The fourth-order valence-electron chi connectivity index (χ4n) is 2.68.